The van der Waals surface area contributed by atoms with E-state index in [0.29, 0.717) is 13.1 Å². The van der Waals surface area contributed by atoms with E-state index in [-0.39, 0.29) is 19.0 Å². The number of amides is 4. The Morgan fingerprint density at radius 2 is 2.12 bits per heavy atom. The Morgan fingerprint density at radius 1 is 1.28 bits per heavy atom. The van der Waals surface area contributed by atoms with Gasteiger partial charge < -0.3 is 14.6 Å². The highest BCUT2D eigenvalue weighted by Gasteiger charge is 2.35. The molecule has 3 rings (SSSR count). The molecule has 0 aromatic carbocycles. The van der Waals surface area contributed by atoms with E-state index in [1.54, 1.807) is 30.6 Å². The van der Waals surface area contributed by atoms with E-state index < -0.39 is 17.8 Å². The van der Waals surface area contributed by atoms with E-state index in [9.17, 15) is 14.4 Å². The summed E-state index contributed by atoms with van der Waals surface area (Å²) in [6.07, 6.45) is 1.59. The Kier molecular flexibility index (Phi) is 5.18. The minimum absolute atomic E-state index is 0.137. The molecule has 2 aromatic heterocycles. The van der Waals surface area contributed by atoms with Gasteiger partial charge in [0.2, 0.25) is 0 Å². The number of urea groups is 1. The molecule has 0 saturated carbocycles. The third kappa shape index (κ3) is 3.58. The molecule has 0 radical (unpaired) electrons. The third-order valence-corrected chi connectivity index (χ3v) is 5.15. The number of nitrogens with one attached hydrogen (secondary N) is 1. The molecule has 2 aromatic rings. The minimum Gasteiger partial charge on any atom is -0.469 e. The highest BCUT2D eigenvalue weighted by atomic mass is 32.1. The SMILES string of the molecule is CCN1CCN(C(=O)NCC(c2ccco2)c2cccs2)C(=O)C1=O. The molecular formula is C17H19N3O4S. The van der Waals surface area contributed by atoms with Crippen molar-refractivity contribution in [1.29, 1.82) is 0 Å². The molecule has 3 heterocycles. The monoisotopic (exact) mass is 361 g/mol. The van der Waals surface area contributed by atoms with Gasteiger partial charge in [0.1, 0.15) is 5.76 Å². The third-order valence-electron chi connectivity index (χ3n) is 4.17. The first-order valence-electron chi connectivity index (χ1n) is 8.07. The average molecular weight is 361 g/mol. The normalized spacial score (nSPS) is 16.2. The van der Waals surface area contributed by atoms with Crippen LogP contribution in [0.25, 0.3) is 0 Å². The van der Waals surface area contributed by atoms with Crippen molar-refractivity contribution in [3.8, 4) is 0 Å². The fourth-order valence-corrected chi connectivity index (χ4v) is 3.61. The minimum atomic E-state index is -0.781. The Bertz CT molecular complexity index is 708. The number of carbonyl (C=O) groups excluding carboxylic acids is 3. The number of hydrogen-bond donors (Lipinski definition) is 1. The predicted octanol–water partition coefficient (Wildman–Crippen LogP) is 1.87. The lowest BCUT2D eigenvalue weighted by Crippen LogP contribution is -2.58. The number of imide groups is 1. The summed E-state index contributed by atoms with van der Waals surface area (Å²) in [7, 11) is 0. The summed E-state index contributed by atoms with van der Waals surface area (Å²) in [5.74, 6) is -0.816. The van der Waals surface area contributed by atoms with Gasteiger partial charge in [-0.05, 0) is 30.5 Å². The molecule has 1 unspecified atom stereocenters. The molecule has 1 aliphatic heterocycles. The van der Waals surface area contributed by atoms with E-state index in [4.69, 9.17) is 4.42 Å². The summed E-state index contributed by atoms with van der Waals surface area (Å²) in [5.41, 5.74) is 0. The molecule has 132 valence electrons. The molecule has 0 aliphatic carbocycles. The first-order valence-corrected chi connectivity index (χ1v) is 8.95. The van der Waals surface area contributed by atoms with Crippen molar-refractivity contribution in [3.63, 3.8) is 0 Å². The Labute approximate surface area is 149 Å². The highest BCUT2D eigenvalue weighted by molar-refractivity contribution is 7.10. The molecule has 25 heavy (non-hydrogen) atoms. The van der Waals surface area contributed by atoms with Gasteiger partial charge in [0, 0.05) is 31.1 Å². The largest absolute Gasteiger partial charge is 0.469 e. The van der Waals surface area contributed by atoms with Gasteiger partial charge in [0.25, 0.3) is 0 Å². The fraction of sp³-hybridized carbons (Fsp3) is 0.353. The average Bonchev–Trinajstić information content (AvgIpc) is 3.31. The van der Waals surface area contributed by atoms with Gasteiger partial charge in [-0.2, -0.15) is 0 Å². The summed E-state index contributed by atoms with van der Waals surface area (Å²) in [4.78, 5) is 39.9. The maximum atomic E-state index is 12.4. The molecule has 4 amide bonds. The van der Waals surface area contributed by atoms with Crippen LogP contribution in [0.2, 0.25) is 0 Å². The van der Waals surface area contributed by atoms with Crippen molar-refractivity contribution in [2.45, 2.75) is 12.8 Å². The second-order valence-electron chi connectivity index (χ2n) is 5.61. The number of carbonyl (C=O) groups is 3. The zero-order chi connectivity index (χ0) is 17.8. The standard InChI is InChI=1S/C17H19N3O4S/c1-2-19-7-8-20(16(22)15(19)21)17(23)18-11-12(13-5-3-9-24-13)14-6-4-10-25-14/h3-6,9-10,12H,2,7-8,11H2,1H3,(H,18,23). The van der Waals surface area contributed by atoms with Crippen molar-refractivity contribution in [1.82, 2.24) is 15.1 Å². The van der Waals surface area contributed by atoms with Gasteiger partial charge in [0.05, 0.1) is 12.2 Å². The van der Waals surface area contributed by atoms with Crippen molar-refractivity contribution in [2.24, 2.45) is 0 Å². The number of likely N-dealkylation sites (N-methyl/N-ethyl adjacent to an activating group) is 1. The summed E-state index contributed by atoms with van der Waals surface area (Å²) >= 11 is 1.57. The molecule has 8 heteroatoms. The van der Waals surface area contributed by atoms with E-state index in [1.165, 1.54) is 4.90 Å². The number of thiophene rings is 1. The van der Waals surface area contributed by atoms with Gasteiger partial charge in [0.15, 0.2) is 0 Å². The topological polar surface area (TPSA) is 82.9 Å². The second kappa shape index (κ2) is 7.52. The molecule has 1 saturated heterocycles. The van der Waals surface area contributed by atoms with Crippen LogP contribution >= 0.6 is 11.3 Å². The van der Waals surface area contributed by atoms with Crippen LogP contribution in [0.3, 0.4) is 0 Å². The van der Waals surface area contributed by atoms with Gasteiger partial charge in [-0.15, -0.1) is 11.3 Å². The van der Waals surface area contributed by atoms with Gasteiger partial charge >= 0.3 is 17.8 Å². The van der Waals surface area contributed by atoms with E-state index in [2.05, 4.69) is 5.32 Å². The molecule has 1 fully saturated rings. The maximum Gasteiger partial charge on any atom is 0.324 e. The molecule has 1 N–H and O–H groups in total. The lowest BCUT2D eigenvalue weighted by molar-refractivity contribution is -0.153. The maximum absolute atomic E-state index is 12.4. The quantitative estimate of drug-likeness (QED) is 0.824. The van der Waals surface area contributed by atoms with Crippen LogP contribution in [-0.2, 0) is 9.59 Å². The van der Waals surface area contributed by atoms with Crippen molar-refractivity contribution >= 4 is 29.2 Å². The van der Waals surface area contributed by atoms with Crippen LogP contribution in [0.1, 0.15) is 23.5 Å². The van der Waals surface area contributed by atoms with Gasteiger partial charge in [-0.3, -0.25) is 14.5 Å². The smallest absolute Gasteiger partial charge is 0.324 e. The zero-order valence-corrected chi connectivity index (χ0v) is 14.6. The van der Waals surface area contributed by atoms with E-state index >= 15 is 0 Å². The summed E-state index contributed by atoms with van der Waals surface area (Å²) in [6.45, 7) is 3.10. The molecule has 1 aliphatic rings. The lowest BCUT2D eigenvalue weighted by Gasteiger charge is -2.32. The van der Waals surface area contributed by atoms with Crippen LogP contribution in [0, 0.1) is 0 Å². The van der Waals surface area contributed by atoms with Crippen LogP contribution in [0.5, 0.6) is 0 Å². The number of hydrogen-bond acceptors (Lipinski definition) is 5. The molecule has 0 spiro atoms. The summed E-state index contributed by atoms with van der Waals surface area (Å²) in [5, 5.41) is 4.71. The van der Waals surface area contributed by atoms with E-state index in [1.807, 2.05) is 23.6 Å². The lowest BCUT2D eigenvalue weighted by atomic mass is 10.0. The molecular weight excluding hydrogens is 342 g/mol. The van der Waals surface area contributed by atoms with Gasteiger partial charge in [-0.1, -0.05) is 6.07 Å². The predicted molar refractivity (Wildman–Crippen MR) is 92.2 cm³/mol. The number of furan rings is 1. The van der Waals surface area contributed by atoms with E-state index in [0.717, 1.165) is 15.5 Å². The first-order chi connectivity index (χ1) is 12.1. The fourth-order valence-electron chi connectivity index (χ4n) is 2.78. The molecule has 7 nitrogen and oxygen atoms in total. The second-order valence-corrected chi connectivity index (χ2v) is 6.59. The van der Waals surface area contributed by atoms with Crippen molar-refractivity contribution in [3.05, 3.63) is 46.5 Å². The first kappa shape index (κ1) is 17.2. The van der Waals surface area contributed by atoms with Crippen molar-refractivity contribution in [2.75, 3.05) is 26.2 Å². The summed E-state index contributed by atoms with van der Waals surface area (Å²) in [6, 6.07) is 7.00. The number of piperazine rings is 1. The number of rotatable bonds is 5. The Balaban J connectivity index is 1.66. The van der Waals surface area contributed by atoms with Gasteiger partial charge in [-0.25, -0.2) is 4.79 Å². The van der Waals surface area contributed by atoms with Crippen LogP contribution in [0.15, 0.2) is 40.3 Å². The molecule has 0 bridgehead atoms. The highest BCUT2D eigenvalue weighted by Crippen LogP contribution is 2.28. The van der Waals surface area contributed by atoms with Crippen molar-refractivity contribution < 1.29 is 18.8 Å². The Hall–Kier alpha value is -2.61. The van der Waals surface area contributed by atoms with Crippen LogP contribution in [0.4, 0.5) is 4.79 Å². The summed E-state index contributed by atoms with van der Waals surface area (Å²) < 4.78 is 5.48. The zero-order valence-electron chi connectivity index (χ0n) is 13.8. The number of nitrogens with zero attached hydrogens (tertiary/aromatic N) is 2. The van der Waals surface area contributed by atoms with Crippen LogP contribution < -0.4 is 5.32 Å². The molecule has 1 atom stereocenters. The van der Waals surface area contributed by atoms with Crippen LogP contribution in [-0.4, -0.2) is 53.8 Å². The Morgan fingerprint density at radius 3 is 2.76 bits per heavy atom.